The summed E-state index contributed by atoms with van der Waals surface area (Å²) < 4.78 is 0. The summed E-state index contributed by atoms with van der Waals surface area (Å²) in [4.78, 5) is 0. The van der Waals surface area contributed by atoms with Gasteiger partial charge in [0.2, 0.25) is 0 Å². The molecule has 0 radical (unpaired) electrons. The van der Waals surface area contributed by atoms with E-state index in [2.05, 4.69) is 10.6 Å². The van der Waals surface area contributed by atoms with Gasteiger partial charge in [-0.15, -0.1) is 0 Å². The fourth-order valence-corrected chi connectivity index (χ4v) is 1.37. The molecular weight excluding hydrogens is 152 g/mol. The first-order chi connectivity index (χ1) is 5.57. The third kappa shape index (κ3) is 1.06. The number of nitrogens with one attached hydrogen (secondary N) is 2. The normalized spacial score (nSPS) is 25.8. The van der Waals surface area contributed by atoms with Crippen LogP contribution in [0.1, 0.15) is 6.92 Å². The summed E-state index contributed by atoms with van der Waals surface area (Å²) in [5.74, 6) is -0.559. The SMILES string of the molecule is CC1(N)Nc2ccc(N)cc2N1. The quantitative estimate of drug-likeness (QED) is 0.426. The summed E-state index contributed by atoms with van der Waals surface area (Å²) in [5, 5.41) is 6.21. The van der Waals surface area contributed by atoms with Crippen molar-refractivity contribution in [2.75, 3.05) is 16.4 Å². The molecule has 0 saturated heterocycles. The largest absolute Gasteiger partial charge is 0.399 e. The van der Waals surface area contributed by atoms with Gasteiger partial charge in [0.15, 0.2) is 5.79 Å². The van der Waals surface area contributed by atoms with Gasteiger partial charge in [-0.25, -0.2) is 0 Å². The van der Waals surface area contributed by atoms with Crippen molar-refractivity contribution < 1.29 is 0 Å². The lowest BCUT2D eigenvalue weighted by Crippen LogP contribution is -2.47. The van der Waals surface area contributed by atoms with Crippen LogP contribution in [0.4, 0.5) is 17.1 Å². The molecular formula is C8H12N4. The van der Waals surface area contributed by atoms with Crippen molar-refractivity contribution in [2.45, 2.75) is 12.7 Å². The molecule has 0 aliphatic carbocycles. The van der Waals surface area contributed by atoms with Crippen molar-refractivity contribution in [2.24, 2.45) is 5.73 Å². The number of hydrogen-bond donors (Lipinski definition) is 4. The van der Waals surface area contributed by atoms with Crippen LogP contribution in [0.2, 0.25) is 0 Å². The summed E-state index contributed by atoms with van der Waals surface area (Å²) in [7, 11) is 0. The average Bonchev–Trinajstić information content (AvgIpc) is 2.21. The van der Waals surface area contributed by atoms with Crippen LogP contribution in [0, 0.1) is 0 Å². The molecule has 1 atom stereocenters. The molecule has 0 aromatic heterocycles. The third-order valence-corrected chi connectivity index (χ3v) is 1.83. The number of anilines is 3. The van der Waals surface area contributed by atoms with E-state index in [9.17, 15) is 0 Å². The van der Waals surface area contributed by atoms with Crippen molar-refractivity contribution in [1.82, 2.24) is 0 Å². The maximum absolute atomic E-state index is 5.82. The van der Waals surface area contributed by atoms with E-state index in [0.29, 0.717) is 0 Å². The van der Waals surface area contributed by atoms with E-state index in [0.717, 1.165) is 17.1 Å². The van der Waals surface area contributed by atoms with Crippen LogP contribution in [0.3, 0.4) is 0 Å². The highest BCUT2D eigenvalue weighted by Gasteiger charge is 2.26. The predicted molar refractivity (Wildman–Crippen MR) is 50.7 cm³/mol. The molecule has 1 unspecified atom stereocenters. The second-order valence-electron chi connectivity index (χ2n) is 3.26. The molecule has 64 valence electrons. The highest BCUT2D eigenvalue weighted by molar-refractivity contribution is 5.78. The van der Waals surface area contributed by atoms with E-state index in [-0.39, 0.29) is 0 Å². The fourth-order valence-electron chi connectivity index (χ4n) is 1.37. The van der Waals surface area contributed by atoms with Crippen molar-refractivity contribution in [3.8, 4) is 0 Å². The molecule has 1 heterocycles. The van der Waals surface area contributed by atoms with Gasteiger partial charge in [-0.1, -0.05) is 0 Å². The Bertz CT molecular complexity index is 319. The molecule has 12 heavy (non-hydrogen) atoms. The molecule has 6 N–H and O–H groups in total. The smallest absolute Gasteiger partial charge is 0.158 e. The Kier molecular flexibility index (Phi) is 1.23. The Balaban J connectivity index is 2.43. The number of nitrogen functional groups attached to an aromatic ring is 1. The van der Waals surface area contributed by atoms with Crippen molar-refractivity contribution in [1.29, 1.82) is 0 Å². The molecule has 0 fully saturated rings. The lowest BCUT2D eigenvalue weighted by atomic mass is 10.2. The van der Waals surface area contributed by atoms with Crippen molar-refractivity contribution >= 4 is 17.1 Å². The van der Waals surface area contributed by atoms with Gasteiger partial charge in [0.25, 0.3) is 0 Å². The number of rotatable bonds is 0. The lowest BCUT2D eigenvalue weighted by Gasteiger charge is -2.19. The molecule has 0 spiro atoms. The first-order valence-corrected chi connectivity index (χ1v) is 3.82. The fraction of sp³-hybridized carbons (Fsp3) is 0.250. The van der Waals surface area contributed by atoms with E-state index >= 15 is 0 Å². The highest BCUT2D eigenvalue weighted by Crippen LogP contribution is 2.32. The van der Waals surface area contributed by atoms with Crippen LogP contribution in [-0.2, 0) is 0 Å². The van der Waals surface area contributed by atoms with Gasteiger partial charge in [-0.05, 0) is 25.1 Å². The van der Waals surface area contributed by atoms with Crippen LogP contribution >= 0.6 is 0 Å². The van der Waals surface area contributed by atoms with E-state index < -0.39 is 5.79 Å². The van der Waals surface area contributed by atoms with E-state index in [1.807, 2.05) is 25.1 Å². The molecule has 0 saturated carbocycles. The van der Waals surface area contributed by atoms with Crippen molar-refractivity contribution in [3.63, 3.8) is 0 Å². The minimum Gasteiger partial charge on any atom is -0.399 e. The molecule has 1 aromatic carbocycles. The molecule has 2 rings (SSSR count). The highest BCUT2D eigenvalue weighted by atomic mass is 15.3. The third-order valence-electron chi connectivity index (χ3n) is 1.83. The molecule has 4 nitrogen and oxygen atoms in total. The van der Waals surface area contributed by atoms with Crippen LogP contribution in [0.25, 0.3) is 0 Å². The summed E-state index contributed by atoms with van der Waals surface area (Å²) in [6.45, 7) is 1.86. The van der Waals surface area contributed by atoms with Crippen LogP contribution < -0.4 is 22.1 Å². The van der Waals surface area contributed by atoms with Crippen LogP contribution in [0.5, 0.6) is 0 Å². The topological polar surface area (TPSA) is 76.1 Å². The summed E-state index contributed by atoms with van der Waals surface area (Å²) in [6.07, 6.45) is 0. The monoisotopic (exact) mass is 164 g/mol. The standard InChI is InChI=1S/C8H12N4/c1-8(10)11-6-3-2-5(9)4-7(6)12-8/h2-4,11-12H,9-10H2,1H3. The summed E-state index contributed by atoms with van der Waals surface area (Å²) in [6, 6.07) is 5.62. The zero-order chi connectivity index (χ0) is 8.77. The van der Waals surface area contributed by atoms with E-state index in [4.69, 9.17) is 11.5 Å². The number of nitrogens with two attached hydrogens (primary N) is 2. The van der Waals surface area contributed by atoms with Gasteiger partial charge < -0.3 is 16.4 Å². The molecule has 1 aliphatic heterocycles. The molecule has 0 amide bonds. The second kappa shape index (κ2) is 2.04. The first-order valence-electron chi connectivity index (χ1n) is 3.82. The minimum absolute atomic E-state index is 0.559. The summed E-state index contributed by atoms with van der Waals surface area (Å²) >= 11 is 0. The first kappa shape index (κ1) is 7.24. The Hall–Kier alpha value is -1.42. The maximum atomic E-state index is 5.82. The maximum Gasteiger partial charge on any atom is 0.158 e. The van der Waals surface area contributed by atoms with Crippen LogP contribution in [0.15, 0.2) is 18.2 Å². The molecule has 1 aromatic rings. The van der Waals surface area contributed by atoms with Gasteiger partial charge in [0.05, 0.1) is 11.4 Å². The van der Waals surface area contributed by atoms with Crippen LogP contribution in [-0.4, -0.2) is 5.79 Å². The Morgan fingerprint density at radius 1 is 1.25 bits per heavy atom. The number of benzene rings is 1. The summed E-state index contributed by atoms with van der Waals surface area (Å²) in [5.41, 5.74) is 14.1. The molecule has 4 heteroatoms. The Morgan fingerprint density at radius 2 is 1.92 bits per heavy atom. The zero-order valence-electron chi connectivity index (χ0n) is 6.89. The predicted octanol–water partition coefficient (Wildman–Crippen LogP) is 0.739. The lowest BCUT2D eigenvalue weighted by molar-refractivity contribution is 0.636. The Labute approximate surface area is 70.9 Å². The van der Waals surface area contributed by atoms with Gasteiger partial charge in [-0.3, -0.25) is 5.73 Å². The van der Waals surface area contributed by atoms with Gasteiger partial charge in [0.1, 0.15) is 0 Å². The Morgan fingerprint density at radius 3 is 2.67 bits per heavy atom. The number of hydrogen-bond acceptors (Lipinski definition) is 4. The van der Waals surface area contributed by atoms with Gasteiger partial charge >= 0.3 is 0 Å². The second-order valence-corrected chi connectivity index (χ2v) is 3.26. The zero-order valence-corrected chi connectivity index (χ0v) is 6.89. The number of fused-ring (bicyclic) bond motifs is 1. The van der Waals surface area contributed by atoms with E-state index in [1.165, 1.54) is 0 Å². The molecule has 1 aliphatic rings. The van der Waals surface area contributed by atoms with Gasteiger partial charge in [0, 0.05) is 5.69 Å². The van der Waals surface area contributed by atoms with Crippen molar-refractivity contribution in [3.05, 3.63) is 18.2 Å². The van der Waals surface area contributed by atoms with Gasteiger partial charge in [-0.2, -0.15) is 0 Å². The average molecular weight is 164 g/mol. The molecule has 0 bridgehead atoms. The minimum atomic E-state index is -0.559. The van der Waals surface area contributed by atoms with E-state index in [1.54, 1.807) is 0 Å².